The third-order valence-electron chi connectivity index (χ3n) is 4.61. The van der Waals surface area contributed by atoms with Crippen molar-refractivity contribution in [3.8, 4) is 0 Å². The highest BCUT2D eigenvalue weighted by Crippen LogP contribution is 2.35. The summed E-state index contributed by atoms with van der Waals surface area (Å²) in [5, 5.41) is 0. The molecule has 1 nitrogen and oxygen atoms in total. The fraction of sp³-hybridized carbons (Fsp3) is 0.294. The second-order valence-electron chi connectivity index (χ2n) is 5.83. The number of rotatable bonds is 0. The highest BCUT2D eigenvalue weighted by Gasteiger charge is 2.38. The number of nitrogens with zero attached hydrogens (tertiary/aromatic N) is 1. The Bertz CT molecular complexity index is 581. The molecule has 4 rings (SSSR count). The summed E-state index contributed by atoms with van der Waals surface area (Å²) in [4.78, 5) is 0. The Morgan fingerprint density at radius 3 is 1.58 bits per heavy atom. The van der Waals surface area contributed by atoms with Gasteiger partial charge in [-0.2, -0.15) is 0 Å². The van der Waals surface area contributed by atoms with Crippen molar-refractivity contribution in [3.63, 3.8) is 0 Å². The van der Waals surface area contributed by atoms with Gasteiger partial charge in [-0.05, 0) is 5.56 Å². The quantitative estimate of drug-likeness (QED) is 0.613. The molecule has 98 valence electrons. The molecule has 2 aliphatic heterocycles. The van der Waals surface area contributed by atoms with Crippen LogP contribution in [-0.4, -0.2) is 11.0 Å². The van der Waals surface area contributed by atoms with Crippen LogP contribution in [0.25, 0.3) is 0 Å². The van der Waals surface area contributed by atoms with Crippen LogP contribution < -0.4 is 17.0 Å². The molecule has 0 radical (unpaired) electrons. The standard InChI is InChI=1S/C17H18N.BrH/c1-2-6-15-11-18(10-9-14(15)5-1)12-16-7-3-4-8-17(16)13-18;/h1-8H,9-13H2;1H/q+1;/p-1. The lowest BCUT2D eigenvalue weighted by Gasteiger charge is -2.38. The van der Waals surface area contributed by atoms with Crippen molar-refractivity contribution in [1.82, 2.24) is 0 Å². The van der Waals surface area contributed by atoms with Crippen molar-refractivity contribution >= 4 is 0 Å². The summed E-state index contributed by atoms with van der Waals surface area (Å²) < 4.78 is 1.25. The van der Waals surface area contributed by atoms with E-state index >= 15 is 0 Å². The molecule has 2 aromatic carbocycles. The first kappa shape index (κ1) is 12.9. The monoisotopic (exact) mass is 315 g/mol. The first-order valence-electron chi connectivity index (χ1n) is 6.83. The van der Waals surface area contributed by atoms with Crippen LogP contribution in [0.4, 0.5) is 0 Å². The van der Waals surface area contributed by atoms with Gasteiger partial charge in [0.15, 0.2) is 0 Å². The van der Waals surface area contributed by atoms with Gasteiger partial charge in [-0.15, -0.1) is 0 Å². The fourth-order valence-electron chi connectivity index (χ4n) is 3.67. The van der Waals surface area contributed by atoms with Crippen molar-refractivity contribution in [1.29, 1.82) is 0 Å². The lowest BCUT2D eigenvalue weighted by Crippen LogP contribution is -3.00. The molecule has 0 unspecified atom stereocenters. The number of benzene rings is 2. The summed E-state index contributed by atoms with van der Waals surface area (Å²) in [6.07, 6.45) is 1.24. The molecular weight excluding hydrogens is 298 g/mol. The Balaban J connectivity index is 0.00000110. The van der Waals surface area contributed by atoms with Gasteiger partial charge < -0.3 is 21.5 Å². The normalized spacial score (nSPS) is 18.5. The Morgan fingerprint density at radius 2 is 1.05 bits per heavy atom. The van der Waals surface area contributed by atoms with Gasteiger partial charge >= 0.3 is 0 Å². The SMILES string of the molecule is [Br-].c1ccc2c(c1)CC[N+]1(C2)Cc2ccccc2C1. The van der Waals surface area contributed by atoms with E-state index < -0.39 is 0 Å². The van der Waals surface area contributed by atoms with Gasteiger partial charge in [0.1, 0.15) is 19.6 Å². The molecular formula is C17H18BrN. The van der Waals surface area contributed by atoms with Crippen LogP contribution in [0, 0.1) is 0 Å². The molecule has 2 heteroatoms. The number of hydrogen-bond acceptors (Lipinski definition) is 0. The van der Waals surface area contributed by atoms with Gasteiger partial charge in [0.05, 0.1) is 6.54 Å². The van der Waals surface area contributed by atoms with Crippen molar-refractivity contribution in [2.45, 2.75) is 26.1 Å². The Hall–Kier alpha value is -1.12. The first-order chi connectivity index (χ1) is 8.85. The van der Waals surface area contributed by atoms with Gasteiger partial charge in [-0.25, -0.2) is 0 Å². The van der Waals surface area contributed by atoms with Gasteiger partial charge in [0.2, 0.25) is 0 Å². The largest absolute Gasteiger partial charge is 1.00 e. The van der Waals surface area contributed by atoms with Crippen molar-refractivity contribution in [2.24, 2.45) is 0 Å². The van der Waals surface area contributed by atoms with E-state index in [1.807, 2.05) is 0 Å². The molecule has 19 heavy (non-hydrogen) atoms. The predicted octanol–water partition coefficient (Wildman–Crippen LogP) is 0.277. The van der Waals surface area contributed by atoms with Gasteiger partial charge in [0.25, 0.3) is 0 Å². The average molecular weight is 316 g/mol. The maximum atomic E-state index is 2.32. The summed E-state index contributed by atoms with van der Waals surface area (Å²) in [7, 11) is 0. The highest BCUT2D eigenvalue weighted by atomic mass is 79.9. The van der Waals surface area contributed by atoms with Crippen LogP contribution in [0.2, 0.25) is 0 Å². The minimum atomic E-state index is 0. The lowest BCUT2D eigenvalue weighted by atomic mass is 9.98. The van der Waals surface area contributed by atoms with E-state index in [-0.39, 0.29) is 17.0 Å². The summed E-state index contributed by atoms with van der Waals surface area (Å²) in [6.45, 7) is 4.96. The maximum Gasteiger partial charge on any atom is 0.105 e. The van der Waals surface area contributed by atoms with Crippen LogP contribution in [0.1, 0.15) is 22.3 Å². The number of quaternary nitrogens is 1. The molecule has 1 spiro atoms. The summed E-state index contributed by atoms with van der Waals surface area (Å²) in [5.41, 5.74) is 6.27. The molecule has 2 aromatic rings. The molecule has 0 saturated heterocycles. The lowest BCUT2D eigenvalue weighted by molar-refractivity contribution is -0.961. The van der Waals surface area contributed by atoms with E-state index in [1.54, 1.807) is 22.3 Å². The highest BCUT2D eigenvalue weighted by molar-refractivity contribution is 5.31. The maximum absolute atomic E-state index is 2.32. The molecule has 0 amide bonds. The smallest absolute Gasteiger partial charge is 0.105 e. The number of halogens is 1. The average Bonchev–Trinajstić information content (AvgIpc) is 2.76. The zero-order chi connectivity index (χ0) is 12.0. The van der Waals surface area contributed by atoms with Gasteiger partial charge in [-0.1, -0.05) is 48.5 Å². The summed E-state index contributed by atoms with van der Waals surface area (Å²) >= 11 is 0. The Labute approximate surface area is 125 Å². The zero-order valence-electron chi connectivity index (χ0n) is 11.0. The van der Waals surface area contributed by atoms with Crippen molar-refractivity contribution < 1.29 is 21.5 Å². The van der Waals surface area contributed by atoms with Crippen LogP contribution in [0.3, 0.4) is 0 Å². The molecule has 2 heterocycles. The number of hydrogen-bond donors (Lipinski definition) is 0. The third kappa shape index (κ3) is 2.13. The summed E-state index contributed by atoms with van der Waals surface area (Å²) in [6, 6.07) is 17.9. The van der Waals surface area contributed by atoms with E-state index in [0.717, 1.165) is 0 Å². The molecule has 0 saturated carbocycles. The Morgan fingerprint density at radius 1 is 0.632 bits per heavy atom. The molecule has 0 aromatic heterocycles. The topological polar surface area (TPSA) is 0 Å². The van der Waals surface area contributed by atoms with Crippen molar-refractivity contribution in [3.05, 3.63) is 70.8 Å². The van der Waals surface area contributed by atoms with Crippen LogP contribution >= 0.6 is 0 Å². The van der Waals surface area contributed by atoms with E-state index in [9.17, 15) is 0 Å². The minimum absolute atomic E-state index is 0. The van der Waals surface area contributed by atoms with Crippen molar-refractivity contribution in [2.75, 3.05) is 6.54 Å². The molecule has 2 aliphatic rings. The molecule has 0 aliphatic carbocycles. The van der Waals surface area contributed by atoms with Crippen LogP contribution in [0.15, 0.2) is 48.5 Å². The second kappa shape index (κ2) is 4.77. The van der Waals surface area contributed by atoms with E-state index in [1.165, 1.54) is 37.1 Å². The predicted molar refractivity (Wildman–Crippen MR) is 72.8 cm³/mol. The van der Waals surface area contributed by atoms with E-state index in [4.69, 9.17) is 0 Å². The molecule has 0 atom stereocenters. The second-order valence-corrected chi connectivity index (χ2v) is 5.83. The zero-order valence-corrected chi connectivity index (χ0v) is 12.6. The third-order valence-corrected chi connectivity index (χ3v) is 4.61. The minimum Gasteiger partial charge on any atom is -1.00 e. The van der Waals surface area contributed by atoms with E-state index in [0.29, 0.717) is 0 Å². The van der Waals surface area contributed by atoms with Gasteiger partial charge in [0, 0.05) is 23.1 Å². The van der Waals surface area contributed by atoms with Gasteiger partial charge in [-0.3, -0.25) is 0 Å². The van der Waals surface area contributed by atoms with E-state index in [2.05, 4.69) is 48.5 Å². The Kier molecular flexibility index (Phi) is 3.23. The molecule has 0 fully saturated rings. The first-order valence-corrected chi connectivity index (χ1v) is 6.83. The number of fused-ring (bicyclic) bond motifs is 2. The van der Waals surface area contributed by atoms with Crippen LogP contribution in [0.5, 0.6) is 0 Å². The summed E-state index contributed by atoms with van der Waals surface area (Å²) in [5.74, 6) is 0. The fourth-order valence-corrected chi connectivity index (χ4v) is 3.67. The molecule has 0 N–H and O–H groups in total. The molecule has 0 bridgehead atoms. The van der Waals surface area contributed by atoms with Crippen LogP contribution in [-0.2, 0) is 26.1 Å².